The van der Waals surface area contributed by atoms with Crippen LogP contribution in [0.2, 0.25) is 0 Å². The number of aliphatic imine (C=N–C) groups is 1. The van der Waals surface area contributed by atoms with Crippen molar-refractivity contribution in [3.8, 4) is 11.4 Å². The fourth-order valence-corrected chi connectivity index (χ4v) is 3.75. The minimum atomic E-state index is 0.814. The van der Waals surface area contributed by atoms with Gasteiger partial charge in [-0.2, -0.15) is 0 Å². The second-order valence-electron chi connectivity index (χ2n) is 7.13. The Hall–Kier alpha value is -2.60. The summed E-state index contributed by atoms with van der Waals surface area (Å²) in [6.07, 6.45) is 4.50. The van der Waals surface area contributed by atoms with Crippen LogP contribution < -0.4 is 0 Å². The van der Waals surface area contributed by atoms with Crippen LogP contribution >= 0.6 is 11.3 Å². The first-order valence-electron chi connectivity index (χ1n) is 9.47. The number of hydrogen-bond acceptors (Lipinski definition) is 5. The van der Waals surface area contributed by atoms with Crippen molar-refractivity contribution in [1.82, 2.24) is 19.9 Å². The Bertz CT molecular complexity index is 1010. The predicted molar refractivity (Wildman–Crippen MR) is 118 cm³/mol. The van der Waals surface area contributed by atoms with E-state index in [9.17, 15) is 0 Å². The van der Waals surface area contributed by atoms with Gasteiger partial charge in [-0.3, -0.25) is 9.97 Å². The normalized spacial score (nSPS) is 11.4. The lowest BCUT2D eigenvalue weighted by Gasteiger charge is -2.11. The molecular formula is C22H27N5S. The van der Waals surface area contributed by atoms with E-state index < -0.39 is 0 Å². The third kappa shape index (κ3) is 4.62. The van der Waals surface area contributed by atoms with E-state index in [4.69, 9.17) is 4.98 Å². The Morgan fingerprint density at radius 3 is 2.61 bits per heavy atom. The van der Waals surface area contributed by atoms with Crippen LogP contribution in [0.25, 0.3) is 11.4 Å². The van der Waals surface area contributed by atoms with E-state index in [1.165, 1.54) is 16.7 Å². The second kappa shape index (κ2) is 8.61. The van der Waals surface area contributed by atoms with Crippen molar-refractivity contribution in [3.63, 3.8) is 0 Å². The average molecular weight is 394 g/mol. The summed E-state index contributed by atoms with van der Waals surface area (Å²) in [5, 5.41) is 3.16. The molecule has 0 bridgehead atoms. The Balaban J connectivity index is 1.82. The van der Waals surface area contributed by atoms with Gasteiger partial charge < -0.3 is 4.90 Å². The van der Waals surface area contributed by atoms with Gasteiger partial charge in [-0.25, -0.2) is 9.98 Å². The highest BCUT2D eigenvalue weighted by Crippen LogP contribution is 2.28. The monoisotopic (exact) mass is 393 g/mol. The van der Waals surface area contributed by atoms with Gasteiger partial charge in [0.1, 0.15) is 11.4 Å². The molecule has 3 rings (SSSR count). The molecule has 0 N–H and O–H groups in total. The molecule has 5 nitrogen and oxygen atoms in total. The molecule has 146 valence electrons. The largest absolute Gasteiger partial charge is 0.366 e. The third-order valence-corrected chi connectivity index (χ3v) is 5.60. The topological polar surface area (TPSA) is 54.3 Å². The number of rotatable bonds is 6. The van der Waals surface area contributed by atoms with E-state index in [-0.39, 0.29) is 0 Å². The molecule has 6 heteroatoms. The summed E-state index contributed by atoms with van der Waals surface area (Å²) < 4.78 is 0. The molecule has 0 saturated carbocycles. The molecule has 0 aliphatic carbocycles. The number of benzene rings is 1. The number of thiazole rings is 1. The van der Waals surface area contributed by atoms with Gasteiger partial charge in [0, 0.05) is 31.6 Å². The highest BCUT2D eigenvalue weighted by molar-refractivity contribution is 7.10. The SMILES string of the molecule is CCN(C)C=Nc1cc(C)c(Cc2nc(-c3ncc(C)nc3C)cs2)cc1C. The van der Waals surface area contributed by atoms with Gasteiger partial charge in [0.25, 0.3) is 0 Å². The number of hydrogen-bond donors (Lipinski definition) is 0. The van der Waals surface area contributed by atoms with Gasteiger partial charge >= 0.3 is 0 Å². The maximum absolute atomic E-state index is 4.81. The molecule has 0 aliphatic heterocycles. The Morgan fingerprint density at radius 2 is 1.89 bits per heavy atom. The van der Waals surface area contributed by atoms with Crippen LogP contribution in [0.15, 0.2) is 28.7 Å². The van der Waals surface area contributed by atoms with Gasteiger partial charge in [-0.05, 0) is 57.4 Å². The van der Waals surface area contributed by atoms with Gasteiger partial charge in [0.15, 0.2) is 0 Å². The maximum atomic E-state index is 4.81. The maximum Gasteiger partial charge on any atom is 0.111 e. The number of aryl methyl sites for hydroxylation is 4. The van der Waals surface area contributed by atoms with E-state index in [0.29, 0.717) is 0 Å². The van der Waals surface area contributed by atoms with Gasteiger partial charge in [-0.15, -0.1) is 11.3 Å². The summed E-state index contributed by atoms with van der Waals surface area (Å²) in [4.78, 5) is 20.5. The summed E-state index contributed by atoms with van der Waals surface area (Å²) in [6, 6.07) is 4.39. The lowest BCUT2D eigenvalue weighted by molar-refractivity contribution is 0.552. The van der Waals surface area contributed by atoms with E-state index >= 15 is 0 Å². The quantitative estimate of drug-likeness (QED) is 0.435. The van der Waals surface area contributed by atoms with E-state index in [2.05, 4.69) is 58.1 Å². The zero-order chi connectivity index (χ0) is 20.3. The Kier molecular flexibility index (Phi) is 6.19. The van der Waals surface area contributed by atoms with Crippen LogP contribution in [-0.2, 0) is 6.42 Å². The molecule has 28 heavy (non-hydrogen) atoms. The van der Waals surface area contributed by atoms with Crippen molar-refractivity contribution in [2.24, 2.45) is 4.99 Å². The molecule has 0 atom stereocenters. The Labute approximate surface area is 171 Å². The lowest BCUT2D eigenvalue weighted by atomic mass is 10.0. The molecule has 3 aromatic rings. The molecule has 1 aromatic carbocycles. The molecule has 0 unspecified atom stereocenters. The van der Waals surface area contributed by atoms with Crippen LogP contribution in [0.4, 0.5) is 5.69 Å². The van der Waals surface area contributed by atoms with Crippen LogP contribution in [0.1, 0.15) is 40.0 Å². The van der Waals surface area contributed by atoms with Crippen LogP contribution in [0.5, 0.6) is 0 Å². The van der Waals surface area contributed by atoms with Crippen LogP contribution in [-0.4, -0.2) is 39.8 Å². The predicted octanol–water partition coefficient (Wildman–Crippen LogP) is 5.04. The van der Waals surface area contributed by atoms with E-state index in [1.54, 1.807) is 17.5 Å². The summed E-state index contributed by atoms with van der Waals surface area (Å²) in [5.41, 5.74) is 8.34. The van der Waals surface area contributed by atoms with Crippen molar-refractivity contribution in [2.45, 2.75) is 41.0 Å². The van der Waals surface area contributed by atoms with Crippen molar-refractivity contribution >= 4 is 23.4 Å². The van der Waals surface area contributed by atoms with E-state index in [0.717, 1.165) is 46.4 Å². The summed E-state index contributed by atoms with van der Waals surface area (Å²) in [6.45, 7) is 11.2. The minimum absolute atomic E-state index is 0.814. The molecule has 2 aromatic heterocycles. The zero-order valence-corrected chi connectivity index (χ0v) is 18.3. The molecule has 0 spiro atoms. The molecule has 0 aliphatic rings. The molecule has 0 saturated heterocycles. The Morgan fingerprint density at radius 1 is 1.11 bits per heavy atom. The zero-order valence-electron chi connectivity index (χ0n) is 17.4. The fourth-order valence-electron chi connectivity index (χ4n) is 2.95. The minimum Gasteiger partial charge on any atom is -0.366 e. The van der Waals surface area contributed by atoms with E-state index in [1.807, 2.05) is 27.2 Å². The van der Waals surface area contributed by atoms with Crippen molar-refractivity contribution < 1.29 is 0 Å². The van der Waals surface area contributed by atoms with Gasteiger partial charge in [0.05, 0.1) is 28.4 Å². The fraction of sp³-hybridized carbons (Fsp3) is 0.364. The number of nitrogens with zero attached hydrogens (tertiary/aromatic N) is 5. The highest BCUT2D eigenvalue weighted by atomic mass is 32.1. The summed E-state index contributed by atoms with van der Waals surface area (Å²) in [7, 11) is 2.03. The third-order valence-electron chi connectivity index (χ3n) is 4.75. The van der Waals surface area contributed by atoms with Gasteiger partial charge in [-0.1, -0.05) is 6.07 Å². The van der Waals surface area contributed by atoms with Crippen LogP contribution in [0.3, 0.4) is 0 Å². The van der Waals surface area contributed by atoms with Crippen molar-refractivity contribution in [3.05, 3.63) is 56.8 Å². The first kappa shape index (κ1) is 20.1. The van der Waals surface area contributed by atoms with Crippen molar-refractivity contribution in [1.29, 1.82) is 0 Å². The average Bonchev–Trinajstić information content (AvgIpc) is 3.11. The lowest BCUT2D eigenvalue weighted by Crippen LogP contribution is -2.14. The smallest absolute Gasteiger partial charge is 0.111 e. The molecular weight excluding hydrogens is 366 g/mol. The molecule has 0 fully saturated rings. The van der Waals surface area contributed by atoms with Crippen molar-refractivity contribution in [2.75, 3.05) is 13.6 Å². The van der Waals surface area contributed by atoms with Crippen LogP contribution in [0, 0.1) is 27.7 Å². The highest BCUT2D eigenvalue weighted by Gasteiger charge is 2.12. The summed E-state index contributed by atoms with van der Waals surface area (Å²) >= 11 is 1.67. The molecule has 2 heterocycles. The number of aromatic nitrogens is 3. The molecule has 0 radical (unpaired) electrons. The first-order valence-corrected chi connectivity index (χ1v) is 10.3. The standard InChI is InChI=1S/C22H27N5S/c1-7-27(6)13-24-19-9-14(2)18(8-15(19)3)10-21-26-20(12-28-21)22-17(5)25-16(4)11-23-22/h8-9,11-13H,7,10H2,1-6H3. The van der Waals surface area contributed by atoms with Gasteiger partial charge in [0.2, 0.25) is 0 Å². The summed E-state index contributed by atoms with van der Waals surface area (Å²) in [5.74, 6) is 0. The molecule has 0 amide bonds. The first-order chi connectivity index (χ1) is 13.4. The second-order valence-corrected chi connectivity index (χ2v) is 8.07.